The van der Waals surface area contributed by atoms with Crippen molar-refractivity contribution in [2.45, 2.75) is 6.42 Å². The zero-order valence-electron chi connectivity index (χ0n) is 7.15. The molecule has 1 N–H and O–H groups in total. The molecule has 0 bridgehead atoms. The second-order valence-electron chi connectivity index (χ2n) is 2.85. The normalized spacial score (nSPS) is 18.6. The van der Waals surface area contributed by atoms with Crippen molar-refractivity contribution >= 4 is 28.7 Å². The highest BCUT2D eigenvalue weighted by atomic mass is 32.1. The lowest BCUT2D eigenvalue weighted by molar-refractivity contribution is 0.152. The maximum atomic E-state index is 5.35. The van der Waals surface area contributed by atoms with Crippen LogP contribution >= 0.6 is 23.6 Å². The van der Waals surface area contributed by atoms with Gasteiger partial charge in [0.25, 0.3) is 0 Å². The largest absolute Gasteiger partial charge is 0.380 e. The van der Waals surface area contributed by atoms with E-state index in [0.717, 1.165) is 41.8 Å². The molecule has 1 aromatic heterocycles. The Labute approximate surface area is 85.5 Å². The average molecular weight is 217 g/mol. The van der Waals surface area contributed by atoms with E-state index >= 15 is 0 Å². The fourth-order valence-corrected chi connectivity index (χ4v) is 2.22. The Morgan fingerprint density at radius 1 is 1.46 bits per heavy atom. The number of H-pyrrole nitrogens is 1. The molecule has 0 saturated carbocycles. The van der Waals surface area contributed by atoms with Crippen LogP contribution in [0.15, 0.2) is 0 Å². The standard InChI is InChI=1S/C7H11N3OS2/c12-7-9-8-6(13-7)10-2-1-4-11-5-3-10/h1-5H2,(H,9,12). The van der Waals surface area contributed by atoms with Crippen molar-refractivity contribution in [3.8, 4) is 0 Å². The second-order valence-corrected chi connectivity index (χ2v) is 4.49. The molecule has 1 aliphatic heterocycles. The third-order valence-corrected chi connectivity index (χ3v) is 3.07. The third-order valence-electron chi connectivity index (χ3n) is 1.92. The first-order chi connectivity index (χ1) is 6.36. The quantitative estimate of drug-likeness (QED) is 0.722. The Hall–Kier alpha value is -0.460. The summed E-state index contributed by atoms with van der Waals surface area (Å²) in [5.41, 5.74) is 0. The predicted molar refractivity (Wildman–Crippen MR) is 54.9 cm³/mol. The van der Waals surface area contributed by atoms with Crippen LogP contribution in [0, 0.1) is 3.95 Å². The van der Waals surface area contributed by atoms with Crippen LogP contribution in [-0.2, 0) is 4.74 Å². The summed E-state index contributed by atoms with van der Waals surface area (Å²) in [6.07, 6.45) is 1.06. The van der Waals surface area contributed by atoms with E-state index in [2.05, 4.69) is 15.1 Å². The first kappa shape index (κ1) is 9.11. The van der Waals surface area contributed by atoms with Crippen LogP contribution in [0.4, 0.5) is 5.13 Å². The summed E-state index contributed by atoms with van der Waals surface area (Å²) in [5, 5.41) is 7.91. The molecule has 0 radical (unpaired) electrons. The van der Waals surface area contributed by atoms with E-state index in [1.165, 1.54) is 11.3 Å². The second kappa shape index (κ2) is 4.17. The van der Waals surface area contributed by atoms with Gasteiger partial charge in [-0.1, -0.05) is 11.3 Å². The van der Waals surface area contributed by atoms with Crippen molar-refractivity contribution in [3.05, 3.63) is 3.95 Å². The van der Waals surface area contributed by atoms with Gasteiger partial charge in [-0.05, 0) is 18.6 Å². The highest BCUT2D eigenvalue weighted by molar-refractivity contribution is 7.73. The molecular weight excluding hydrogens is 206 g/mol. The number of anilines is 1. The van der Waals surface area contributed by atoms with Crippen molar-refractivity contribution in [3.63, 3.8) is 0 Å². The molecule has 1 aliphatic rings. The van der Waals surface area contributed by atoms with Crippen LogP contribution in [0.5, 0.6) is 0 Å². The fraction of sp³-hybridized carbons (Fsp3) is 0.714. The molecule has 0 atom stereocenters. The third kappa shape index (κ3) is 2.26. The zero-order chi connectivity index (χ0) is 9.10. The Balaban J connectivity index is 2.10. The summed E-state index contributed by atoms with van der Waals surface area (Å²) in [4.78, 5) is 2.21. The number of aromatic nitrogens is 2. The lowest BCUT2D eigenvalue weighted by atomic mass is 10.4. The molecule has 13 heavy (non-hydrogen) atoms. The number of hydrogen-bond donors (Lipinski definition) is 1. The van der Waals surface area contributed by atoms with Gasteiger partial charge < -0.3 is 9.64 Å². The maximum absolute atomic E-state index is 5.35. The number of ether oxygens (including phenoxy) is 1. The number of nitrogens with zero attached hydrogens (tertiary/aromatic N) is 2. The molecule has 1 saturated heterocycles. The summed E-state index contributed by atoms with van der Waals surface area (Å²) < 4.78 is 6.09. The minimum absolute atomic E-state index is 0.736. The molecule has 0 unspecified atom stereocenters. The van der Waals surface area contributed by atoms with Crippen LogP contribution < -0.4 is 4.90 Å². The van der Waals surface area contributed by atoms with E-state index in [-0.39, 0.29) is 0 Å². The highest BCUT2D eigenvalue weighted by Crippen LogP contribution is 2.18. The highest BCUT2D eigenvalue weighted by Gasteiger charge is 2.12. The molecule has 0 aliphatic carbocycles. The van der Waals surface area contributed by atoms with E-state index < -0.39 is 0 Å². The van der Waals surface area contributed by atoms with Gasteiger partial charge in [-0.3, -0.25) is 5.10 Å². The number of nitrogens with one attached hydrogen (secondary N) is 1. The monoisotopic (exact) mass is 217 g/mol. The molecule has 2 heterocycles. The first-order valence-corrected chi connectivity index (χ1v) is 5.47. The summed E-state index contributed by atoms with van der Waals surface area (Å²) in [7, 11) is 0. The van der Waals surface area contributed by atoms with Crippen LogP contribution in [0.1, 0.15) is 6.42 Å². The first-order valence-electron chi connectivity index (χ1n) is 4.24. The van der Waals surface area contributed by atoms with Gasteiger partial charge in [-0.2, -0.15) is 0 Å². The van der Waals surface area contributed by atoms with E-state index in [0.29, 0.717) is 0 Å². The molecule has 0 amide bonds. The summed E-state index contributed by atoms with van der Waals surface area (Å²) in [6.45, 7) is 3.56. The van der Waals surface area contributed by atoms with Gasteiger partial charge in [-0.25, -0.2) is 0 Å². The van der Waals surface area contributed by atoms with E-state index in [9.17, 15) is 0 Å². The van der Waals surface area contributed by atoms with Gasteiger partial charge in [0.2, 0.25) is 5.13 Å². The molecule has 6 heteroatoms. The zero-order valence-corrected chi connectivity index (χ0v) is 8.79. The van der Waals surface area contributed by atoms with Gasteiger partial charge in [-0.15, -0.1) is 5.10 Å². The van der Waals surface area contributed by atoms with Crippen LogP contribution in [0.2, 0.25) is 0 Å². The number of rotatable bonds is 1. The lowest BCUT2D eigenvalue weighted by Crippen LogP contribution is -2.25. The van der Waals surface area contributed by atoms with Crippen molar-refractivity contribution < 1.29 is 4.74 Å². The van der Waals surface area contributed by atoms with Crippen LogP contribution in [0.25, 0.3) is 0 Å². The van der Waals surface area contributed by atoms with Crippen molar-refractivity contribution in [1.29, 1.82) is 0 Å². The minimum Gasteiger partial charge on any atom is -0.380 e. The number of aromatic amines is 1. The molecule has 4 nitrogen and oxygen atoms in total. The molecular formula is C7H11N3OS2. The SMILES string of the molecule is S=c1[nH]nc(N2CCCOCC2)s1. The van der Waals surface area contributed by atoms with Gasteiger partial charge >= 0.3 is 0 Å². The van der Waals surface area contributed by atoms with E-state index in [4.69, 9.17) is 17.0 Å². The maximum Gasteiger partial charge on any atom is 0.206 e. The van der Waals surface area contributed by atoms with Crippen LogP contribution in [0.3, 0.4) is 0 Å². The van der Waals surface area contributed by atoms with Gasteiger partial charge in [0.05, 0.1) is 6.61 Å². The van der Waals surface area contributed by atoms with Gasteiger partial charge in [0.15, 0.2) is 3.95 Å². The average Bonchev–Trinajstić information content (AvgIpc) is 2.43. The summed E-state index contributed by atoms with van der Waals surface area (Å²) >= 11 is 6.50. The Bertz CT molecular complexity index is 314. The molecule has 1 fully saturated rings. The van der Waals surface area contributed by atoms with Gasteiger partial charge in [0, 0.05) is 19.7 Å². The van der Waals surface area contributed by atoms with Crippen LogP contribution in [-0.4, -0.2) is 36.5 Å². The van der Waals surface area contributed by atoms with E-state index in [1.54, 1.807) is 0 Å². The van der Waals surface area contributed by atoms with Gasteiger partial charge in [0.1, 0.15) is 0 Å². The van der Waals surface area contributed by atoms with Crippen molar-refractivity contribution in [2.24, 2.45) is 0 Å². The molecule has 72 valence electrons. The Morgan fingerprint density at radius 2 is 2.38 bits per heavy atom. The molecule has 1 aromatic rings. The molecule has 2 rings (SSSR count). The number of hydrogen-bond acceptors (Lipinski definition) is 5. The van der Waals surface area contributed by atoms with E-state index in [1.807, 2.05) is 0 Å². The predicted octanol–water partition coefficient (Wildman–Crippen LogP) is 1.43. The molecule has 0 spiro atoms. The topological polar surface area (TPSA) is 41.2 Å². The summed E-state index contributed by atoms with van der Waals surface area (Å²) in [6, 6.07) is 0. The fourth-order valence-electron chi connectivity index (χ4n) is 1.29. The molecule has 0 aromatic carbocycles. The Kier molecular flexibility index (Phi) is 2.92. The Morgan fingerprint density at radius 3 is 3.15 bits per heavy atom. The van der Waals surface area contributed by atoms with Crippen molar-refractivity contribution in [2.75, 3.05) is 31.2 Å². The lowest BCUT2D eigenvalue weighted by Gasteiger charge is -2.16. The minimum atomic E-state index is 0.736. The van der Waals surface area contributed by atoms with Crippen molar-refractivity contribution in [1.82, 2.24) is 10.2 Å². The summed E-state index contributed by atoms with van der Waals surface area (Å²) in [5.74, 6) is 0. The smallest absolute Gasteiger partial charge is 0.206 e.